The van der Waals surface area contributed by atoms with E-state index in [0.717, 1.165) is 0 Å². The first kappa shape index (κ1) is 6.04. The highest BCUT2D eigenvalue weighted by atomic mass is 17.1. The van der Waals surface area contributed by atoms with Gasteiger partial charge in [-0.3, -0.25) is 4.79 Å². The van der Waals surface area contributed by atoms with Gasteiger partial charge in [-0.25, -0.2) is 5.26 Å². The van der Waals surface area contributed by atoms with E-state index < -0.39 is 0 Å². The Morgan fingerprint density at radius 2 is 2.44 bits per heavy atom. The fourth-order valence-corrected chi connectivity index (χ4v) is 0.605. The quantitative estimate of drug-likeness (QED) is 0.419. The van der Waals surface area contributed by atoms with Crippen molar-refractivity contribution >= 4 is 5.78 Å². The van der Waals surface area contributed by atoms with Gasteiger partial charge in [0, 0.05) is 6.42 Å². The lowest BCUT2D eigenvalue weighted by Crippen LogP contribution is -2.05. The topological polar surface area (TPSA) is 46.5 Å². The van der Waals surface area contributed by atoms with Gasteiger partial charge >= 0.3 is 0 Å². The first-order valence-corrected chi connectivity index (χ1v) is 2.56. The van der Waals surface area contributed by atoms with E-state index in [1.54, 1.807) is 12.2 Å². The molecule has 0 aromatic rings. The van der Waals surface area contributed by atoms with Crippen molar-refractivity contribution in [1.82, 2.24) is 0 Å². The molecular weight excluding hydrogens is 120 g/mol. The number of hydrogen-bond acceptors (Lipinski definition) is 3. The van der Waals surface area contributed by atoms with Gasteiger partial charge in [-0.05, 0) is 6.08 Å². The molecule has 0 aromatic heterocycles. The predicted octanol–water partition coefficient (Wildman–Crippen LogP) is 0.889. The molecule has 0 aromatic carbocycles. The van der Waals surface area contributed by atoms with Crippen molar-refractivity contribution in [1.29, 1.82) is 0 Å². The summed E-state index contributed by atoms with van der Waals surface area (Å²) in [6, 6.07) is 0. The van der Waals surface area contributed by atoms with Gasteiger partial charge in [0.1, 0.15) is 0 Å². The molecule has 0 bridgehead atoms. The standard InChI is InChI=1S/C6H6O3/c7-5-3-1-2-4-6(5)9-8/h1-2,4,8H,3H2. The SMILES string of the molecule is O=C1CC=CC=C1OO. The Balaban J connectivity index is 2.74. The zero-order chi connectivity index (χ0) is 6.69. The molecule has 0 unspecified atom stereocenters. The summed E-state index contributed by atoms with van der Waals surface area (Å²) in [5, 5.41) is 8.04. The molecule has 1 aliphatic rings. The van der Waals surface area contributed by atoms with Crippen molar-refractivity contribution in [3.63, 3.8) is 0 Å². The molecule has 0 aliphatic heterocycles. The number of ketones is 1. The molecule has 1 rings (SSSR count). The average Bonchev–Trinajstić information content (AvgIpc) is 1.89. The minimum atomic E-state index is -0.194. The van der Waals surface area contributed by atoms with Gasteiger partial charge in [0.05, 0.1) is 0 Å². The lowest BCUT2D eigenvalue weighted by Gasteiger charge is -2.01. The van der Waals surface area contributed by atoms with Crippen molar-refractivity contribution in [2.24, 2.45) is 0 Å². The van der Waals surface area contributed by atoms with E-state index in [1.165, 1.54) is 6.08 Å². The predicted molar refractivity (Wildman–Crippen MR) is 30.6 cm³/mol. The van der Waals surface area contributed by atoms with E-state index in [9.17, 15) is 4.79 Å². The van der Waals surface area contributed by atoms with Crippen molar-refractivity contribution in [2.75, 3.05) is 0 Å². The molecule has 0 saturated carbocycles. The zero-order valence-corrected chi connectivity index (χ0v) is 4.70. The molecule has 3 heteroatoms. The third-order valence-electron chi connectivity index (χ3n) is 1.06. The fourth-order valence-electron chi connectivity index (χ4n) is 0.605. The molecule has 1 N–H and O–H groups in total. The summed E-state index contributed by atoms with van der Waals surface area (Å²) in [5.74, 6) is -0.183. The number of carbonyl (C=O) groups excluding carboxylic acids is 1. The lowest BCUT2D eigenvalue weighted by atomic mass is 10.1. The second-order valence-electron chi connectivity index (χ2n) is 1.68. The number of allylic oxidation sites excluding steroid dienone is 4. The summed E-state index contributed by atoms with van der Waals surface area (Å²) in [5.41, 5.74) is 0. The van der Waals surface area contributed by atoms with Crippen LogP contribution in [0.25, 0.3) is 0 Å². The Kier molecular flexibility index (Phi) is 1.65. The van der Waals surface area contributed by atoms with E-state index in [2.05, 4.69) is 4.89 Å². The highest BCUT2D eigenvalue weighted by molar-refractivity contribution is 5.95. The van der Waals surface area contributed by atoms with Crippen LogP contribution in [0, 0.1) is 0 Å². The third-order valence-corrected chi connectivity index (χ3v) is 1.06. The van der Waals surface area contributed by atoms with Crippen molar-refractivity contribution < 1.29 is 14.9 Å². The maximum atomic E-state index is 10.6. The molecule has 48 valence electrons. The van der Waals surface area contributed by atoms with Crippen LogP contribution in [-0.2, 0) is 9.68 Å². The van der Waals surface area contributed by atoms with Crippen LogP contribution in [0.5, 0.6) is 0 Å². The Labute approximate surface area is 52.2 Å². The summed E-state index contributed by atoms with van der Waals surface area (Å²) < 4.78 is 0. The van der Waals surface area contributed by atoms with E-state index in [0.29, 0.717) is 6.42 Å². The third kappa shape index (κ3) is 1.17. The minimum absolute atomic E-state index is 0.0116. The average molecular weight is 126 g/mol. The molecule has 9 heavy (non-hydrogen) atoms. The molecule has 0 saturated heterocycles. The molecule has 0 radical (unpaired) electrons. The van der Waals surface area contributed by atoms with E-state index in [4.69, 9.17) is 5.26 Å². The van der Waals surface area contributed by atoms with E-state index in [-0.39, 0.29) is 11.5 Å². The Morgan fingerprint density at radius 1 is 1.67 bits per heavy atom. The first-order chi connectivity index (χ1) is 4.34. The molecule has 3 nitrogen and oxygen atoms in total. The molecule has 1 aliphatic carbocycles. The van der Waals surface area contributed by atoms with Crippen LogP contribution in [0.3, 0.4) is 0 Å². The van der Waals surface area contributed by atoms with Crippen LogP contribution in [0.4, 0.5) is 0 Å². The Bertz CT molecular complexity index is 179. The highest BCUT2D eigenvalue weighted by Crippen LogP contribution is 2.06. The number of carbonyl (C=O) groups is 1. The van der Waals surface area contributed by atoms with Crippen LogP contribution >= 0.6 is 0 Å². The maximum Gasteiger partial charge on any atom is 0.208 e. The van der Waals surface area contributed by atoms with Crippen LogP contribution in [-0.4, -0.2) is 11.0 Å². The fraction of sp³-hybridized carbons (Fsp3) is 0.167. The Hall–Kier alpha value is -1.09. The monoisotopic (exact) mass is 126 g/mol. The van der Waals surface area contributed by atoms with Gasteiger partial charge in [0.2, 0.25) is 11.5 Å². The van der Waals surface area contributed by atoms with Crippen molar-refractivity contribution in [3.05, 3.63) is 24.0 Å². The van der Waals surface area contributed by atoms with Crippen LogP contribution in [0.1, 0.15) is 6.42 Å². The van der Waals surface area contributed by atoms with E-state index in [1.807, 2.05) is 0 Å². The minimum Gasteiger partial charge on any atom is -0.336 e. The van der Waals surface area contributed by atoms with E-state index >= 15 is 0 Å². The zero-order valence-electron chi connectivity index (χ0n) is 4.70. The molecule has 0 heterocycles. The maximum absolute atomic E-state index is 10.6. The second kappa shape index (κ2) is 2.46. The summed E-state index contributed by atoms with van der Waals surface area (Å²) in [6.07, 6.45) is 5.09. The Morgan fingerprint density at radius 3 is 2.89 bits per heavy atom. The molecule has 0 atom stereocenters. The number of Topliss-reactive ketones (excluding diaryl/α,β-unsaturated/α-hetero) is 1. The second-order valence-corrected chi connectivity index (χ2v) is 1.68. The van der Waals surface area contributed by atoms with Gasteiger partial charge in [-0.1, -0.05) is 12.2 Å². The van der Waals surface area contributed by atoms with Crippen molar-refractivity contribution in [2.45, 2.75) is 6.42 Å². The summed E-state index contributed by atoms with van der Waals surface area (Å²) in [6.45, 7) is 0. The summed E-state index contributed by atoms with van der Waals surface area (Å²) >= 11 is 0. The highest BCUT2D eigenvalue weighted by Gasteiger charge is 2.10. The summed E-state index contributed by atoms with van der Waals surface area (Å²) in [4.78, 5) is 14.4. The van der Waals surface area contributed by atoms with Gasteiger partial charge in [-0.2, -0.15) is 0 Å². The van der Waals surface area contributed by atoms with Crippen LogP contribution in [0.2, 0.25) is 0 Å². The van der Waals surface area contributed by atoms with Crippen molar-refractivity contribution in [3.8, 4) is 0 Å². The number of hydrogen-bond donors (Lipinski definition) is 1. The molecule has 0 spiro atoms. The van der Waals surface area contributed by atoms with Crippen LogP contribution in [0.15, 0.2) is 24.0 Å². The summed E-state index contributed by atoms with van der Waals surface area (Å²) in [7, 11) is 0. The van der Waals surface area contributed by atoms with Gasteiger partial charge < -0.3 is 4.89 Å². The number of rotatable bonds is 1. The molecule has 0 fully saturated rings. The first-order valence-electron chi connectivity index (χ1n) is 2.56. The molecule has 0 amide bonds. The van der Waals surface area contributed by atoms with Gasteiger partial charge in [0.15, 0.2) is 0 Å². The van der Waals surface area contributed by atoms with Gasteiger partial charge in [-0.15, -0.1) is 0 Å². The lowest BCUT2D eigenvalue weighted by molar-refractivity contribution is -0.205. The van der Waals surface area contributed by atoms with Gasteiger partial charge in [0.25, 0.3) is 0 Å². The largest absolute Gasteiger partial charge is 0.336 e. The molecular formula is C6H6O3. The van der Waals surface area contributed by atoms with Crippen LogP contribution < -0.4 is 0 Å². The smallest absolute Gasteiger partial charge is 0.208 e. The normalized spacial score (nSPS) is 17.4.